The van der Waals surface area contributed by atoms with Crippen LogP contribution in [0.4, 0.5) is 10.8 Å². The summed E-state index contributed by atoms with van der Waals surface area (Å²) in [4.78, 5) is 2.48. The largest absolute Gasteiger partial charge is 0.383 e. The van der Waals surface area contributed by atoms with Gasteiger partial charge in [0.25, 0.3) is 0 Å². The standard InChI is InChI=1S/C15H28N4S/c1-4-19(5-2)10-6-7-11(3)17-15-13(12-8-9-12)14(16)18-20-15/h11-12,17H,4-10H2,1-3H3,(H2,16,18). The molecule has 3 N–H and O–H groups in total. The minimum Gasteiger partial charge on any atom is -0.383 e. The van der Waals surface area contributed by atoms with Crippen LogP contribution < -0.4 is 11.1 Å². The van der Waals surface area contributed by atoms with E-state index < -0.39 is 0 Å². The van der Waals surface area contributed by atoms with Gasteiger partial charge in [0.15, 0.2) is 0 Å². The number of nitrogens with zero attached hydrogens (tertiary/aromatic N) is 2. The SMILES string of the molecule is CCN(CC)CCCC(C)Nc1snc(N)c1C1CC1. The number of hydrogen-bond donors (Lipinski definition) is 2. The Labute approximate surface area is 126 Å². The summed E-state index contributed by atoms with van der Waals surface area (Å²) in [5.74, 6) is 1.41. The van der Waals surface area contributed by atoms with E-state index in [0.29, 0.717) is 12.0 Å². The van der Waals surface area contributed by atoms with E-state index in [-0.39, 0.29) is 0 Å². The molecule has 4 nitrogen and oxygen atoms in total. The molecule has 0 aliphatic heterocycles. The summed E-state index contributed by atoms with van der Waals surface area (Å²) >= 11 is 1.53. The van der Waals surface area contributed by atoms with Crippen LogP contribution in [0.15, 0.2) is 0 Å². The zero-order valence-corrected chi connectivity index (χ0v) is 13.8. The van der Waals surface area contributed by atoms with Crippen molar-refractivity contribution in [2.45, 2.75) is 58.4 Å². The van der Waals surface area contributed by atoms with Crippen molar-refractivity contribution >= 4 is 22.4 Å². The smallest absolute Gasteiger partial charge is 0.142 e. The first kappa shape index (κ1) is 15.6. The van der Waals surface area contributed by atoms with Crippen molar-refractivity contribution in [3.05, 3.63) is 5.56 Å². The lowest BCUT2D eigenvalue weighted by Crippen LogP contribution is -2.25. The third-order valence-corrected chi connectivity index (χ3v) is 4.93. The maximum Gasteiger partial charge on any atom is 0.142 e. The van der Waals surface area contributed by atoms with Gasteiger partial charge < -0.3 is 16.0 Å². The van der Waals surface area contributed by atoms with E-state index in [4.69, 9.17) is 5.73 Å². The number of nitrogens with two attached hydrogens (primary N) is 1. The average Bonchev–Trinajstić information content (AvgIpc) is 3.20. The Kier molecular flexibility index (Phi) is 5.66. The van der Waals surface area contributed by atoms with Crippen LogP contribution in [-0.2, 0) is 0 Å². The highest BCUT2D eigenvalue weighted by Crippen LogP contribution is 2.47. The molecule has 1 aliphatic rings. The van der Waals surface area contributed by atoms with Crippen LogP contribution in [0.5, 0.6) is 0 Å². The normalized spacial score (nSPS) is 16.6. The molecule has 114 valence electrons. The second-order valence-electron chi connectivity index (χ2n) is 5.80. The molecule has 1 atom stereocenters. The Morgan fingerprint density at radius 2 is 2.10 bits per heavy atom. The third-order valence-electron chi connectivity index (χ3n) is 4.12. The van der Waals surface area contributed by atoms with Crippen molar-refractivity contribution in [1.82, 2.24) is 9.27 Å². The van der Waals surface area contributed by atoms with Gasteiger partial charge in [-0.1, -0.05) is 13.8 Å². The summed E-state index contributed by atoms with van der Waals surface area (Å²) in [6.45, 7) is 10.2. The molecular weight excluding hydrogens is 268 g/mol. The van der Waals surface area contributed by atoms with Crippen LogP contribution in [0, 0.1) is 0 Å². The van der Waals surface area contributed by atoms with E-state index in [1.165, 1.54) is 54.3 Å². The summed E-state index contributed by atoms with van der Waals surface area (Å²) in [7, 11) is 0. The van der Waals surface area contributed by atoms with Crippen LogP contribution in [0.1, 0.15) is 57.9 Å². The first-order valence-corrected chi connectivity index (χ1v) is 8.66. The van der Waals surface area contributed by atoms with E-state index in [1.807, 2.05) is 0 Å². The number of anilines is 2. The summed E-state index contributed by atoms with van der Waals surface area (Å²) in [5.41, 5.74) is 7.27. The zero-order chi connectivity index (χ0) is 14.5. The van der Waals surface area contributed by atoms with Crippen molar-refractivity contribution in [2.75, 3.05) is 30.7 Å². The Hall–Kier alpha value is -0.810. The molecule has 1 unspecified atom stereocenters. The molecule has 0 saturated heterocycles. The van der Waals surface area contributed by atoms with E-state index >= 15 is 0 Å². The molecule has 5 heteroatoms. The maximum absolute atomic E-state index is 5.99. The van der Waals surface area contributed by atoms with Gasteiger partial charge in [-0.3, -0.25) is 0 Å². The molecule has 0 bridgehead atoms. The number of rotatable bonds is 9. The molecule has 20 heavy (non-hydrogen) atoms. The van der Waals surface area contributed by atoms with Gasteiger partial charge in [-0.25, -0.2) is 0 Å². The molecule has 0 aromatic carbocycles. The van der Waals surface area contributed by atoms with Crippen LogP contribution in [0.3, 0.4) is 0 Å². The summed E-state index contributed by atoms with van der Waals surface area (Å²) < 4.78 is 4.31. The van der Waals surface area contributed by atoms with Gasteiger partial charge in [-0.15, -0.1) is 0 Å². The molecule has 0 amide bonds. The maximum atomic E-state index is 5.99. The zero-order valence-electron chi connectivity index (χ0n) is 13.0. The van der Waals surface area contributed by atoms with Gasteiger partial charge in [0.05, 0.1) is 0 Å². The lowest BCUT2D eigenvalue weighted by Gasteiger charge is -2.20. The highest BCUT2D eigenvalue weighted by molar-refractivity contribution is 7.10. The molecule has 0 spiro atoms. The Morgan fingerprint density at radius 1 is 1.40 bits per heavy atom. The number of nitrogen functional groups attached to an aromatic ring is 1. The van der Waals surface area contributed by atoms with Gasteiger partial charge in [-0.05, 0) is 69.7 Å². The van der Waals surface area contributed by atoms with Crippen molar-refractivity contribution in [2.24, 2.45) is 0 Å². The highest BCUT2D eigenvalue weighted by Gasteiger charge is 2.30. The number of hydrogen-bond acceptors (Lipinski definition) is 5. The summed E-state index contributed by atoms with van der Waals surface area (Å²) in [6.07, 6.45) is 4.97. The molecule has 0 radical (unpaired) electrons. The van der Waals surface area contributed by atoms with Gasteiger partial charge >= 0.3 is 0 Å². The lowest BCUT2D eigenvalue weighted by atomic mass is 10.1. The van der Waals surface area contributed by atoms with Gasteiger partial charge in [0.2, 0.25) is 0 Å². The monoisotopic (exact) mass is 296 g/mol. The molecule has 1 fully saturated rings. The predicted octanol–water partition coefficient (Wildman–Crippen LogP) is 3.53. The fourth-order valence-corrected chi connectivity index (χ4v) is 3.55. The fourth-order valence-electron chi connectivity index (χ4n) is 2.64. The van der Waals surface area contributed by atoms with Crippen molar-refractivity contribution < 1.29 is 0 Å². The topological polar surface area (TPSA) is 54.2 Å². The van der Waals surface area contributed by atoms with Crippen LogP contribution >= 0.6 is 11.5 Å². The molecule has 1 aromatic heterocycles. The molecule has 1 aliphatic carbocycles. The van der Waals surface area contributed by atoms with Crippen LogP contribution in [0.25, 0.3) is 0 Å². The third kappa shape index (κ3) is 4.09. The van der Waals surface area contributed by atoms with Crippen molar-refractivity contribution in [1.29, 1.82) is 0 Å². The highest BCUT2D eigenvalue weighted by atomic mass is 32.1. The predicted molar refractivity (Wildman–Crippen MR) is 88.6 cm³/mol. The lowest BCUT2D eigenvalue weighted by molar-refractivity contribution is 0.295. The fraction of sp³-hybridized carbons (Fsp3) is 0.800. The second kappa shape index (κ2) is 7.27. The second-order valence-corrected chi connectivity index (χ2v) is 6.57. The van der Waals surface area contributed by atoms with E-state index in [9.17, 15) is 0 Å². The first-order chi connectivity index (χ1) is 9.65. The Bertz CT molecular complexity index is 410. The minimum atomic E-state index is 0.489. The molecule has 1 aromatic rings. The van der Waals surface area contributed by atoms with Crippen LogP contribution in [-0.4, -0.2) is 34.9 Å². The minimum absolute atomic E-state index is 0.489. The Balaban J connectivity index is 1.78. The van der Waals surface area contributed by atoms with E-state index in [2.05, 4.69) is 35.4 Å². The quantitative estimate of drug-likeness (QED) is 0.732. The van der Waals surface area contributed by atoms with E-state index in [0.717, 1.165) is 18.9 Å². The van der Waals surface area contributed by atoms with Crippen molar-refractivity contribution in [3.63, 3.8) is 0 Å². The van der Waals surface area contributed by atoms with Gasteiger partial charge in [0, 0.05) is 11.6 Å². The molecule has 1 saturated carbocycles. The number of aromatic nitrogens is 1. The average molecular weight is 296 g/mol. The molecule has 2 rings (SSSR count). The summed E-state index contributed by atoms with van der Waals surface area (Å²) in [6, 6.07) is 0.489. The molecular formula is C15H28N4S. The summed E-state index contributed by atoms with van der Waals surface area (Å²) in [5, 5.41) is 4.83. The number of nitrogens with one attached hydrogen (secondary N) is 1. The van der Waals surface area contributed by atoms with Crippen molar-refractivity contribution in [3.8, 4) is 0 Å². The van der Waals surface area contributed by atoms with Gasteiger partial charge in [-0.2, -0.15) is 4.37 Å². The Morgan fingerprint density at radius 3 is 2.70 bits per heavy atom. The first-order valence-electron chi connectivity index (χ1n) is 7.89. The van der Waals surface area contributed by atoms with Gasteiger partial charge in [0.1, 0.15) is 10.8 Å². The van der Waals surface area contributed by atoms with Crippen LogP contribution in [0.2, 0.25) is 0 Å². The molecule has 1 heterocycles. The van der Waals surface area contributed by atoms with E-state index in [1.54, 1.807) is 0 Å².